The molecule has 10 atom stereocenters. The van der Waals surface area contributed by atoms with E-state index in [1.165, 1.54) is 13.8 Å². The molecular weight excluding hydrogens is 380 g/mol. The Kier molecular flexibility index (Phi) is 4.32. The summed E-state index contributed by atoms with van der Waals surface area (Å²) in [5.41, 5.74) is -10.5. The van der Waals surface area contributed by atoms with E-state index in [9.17, 15) is 40.5 Å². The number of hydrogen-bond donors (Lipinski definition) is 7. The molecule has 4 aliphatic carbocycles. The minimum atomic E-state index is -2.04. The first-order valence-electron chi connectivity index (χ1n) is 10.6. The van der Waals surface area contributed by atoms with Gasteiger partial charge < -0.3 is 35.7 Å². The topological polar surface area (TPSA) is 159 Å². The molecule has 166 valence electrons. The SMILES string of the molecule is CC(=O)C1(O)CCC2(O)C3(O)CC(O)C4(O)CC(O)CCC4(C)C3CC(O)C12C. The number of Topliss-reactive ketones (excluding diaryl/α,β-unsaturated/α-hetero) is 1. The average molecular weight is 414 g/mol. The van der Waals surface area contributed by atoms with Crippen LogP contribution in [0.2, 0.25) is 0 Å². The van der Waals surface area contributed by atoms with Crippen LogP contribution in [0, 0.1) is 16.7 Å². The quantitative estimate of drug-likeness (QED) is 0.288. The summed E-state index contributed by atoms with van der Waals surface area (Å²) in [5.74, 6) is -1.38. The normalized spacial score (nSPS) is 62.1. The standard InChI is InChI=1S/C21H34O8/c1-11(22)18(26)6-7-21(29)17(18,3)14(24)8-13-16(2)5-4-12(23)9-20(16,28)15(25)10-19(13,21)27/h12-15,23-29H,4-10H2,1-3H3. The van der Waals surface area contributed by atoms with Crippen molar-refractivity contribution in [3.05, 3.63) is 0 Å². The lowest BCUT2D eigenvalue weighted by atomic mass is 9.38. The van der Waals surface area contributed by atoms with E-state index >= 15 is 0 Å². The lowest BCUT2D eigenvalue weighted by Gasteiger charge is -2.71. The highest BCUT2D eigenvalue weighted by atomic mass is 16.4. The summed E-state index contributed by atoms with van der Waals surface area (Å²) >= 11 is 0. The number of carbonyl (C=O) groups excluding carboxylic acids is 1. The molecule has 4 fully saturated rings. The van der Waals surface area contributed by atoms with Gasteiger partial charge in [0.2, 0.25) is 0 Å². The van der Waals surface area contributed by atoms with E-state index in [1.54, 1.807) is 6.92 Å². The van der Waals surface area contributed by atoms with Crippen LogP contribution >= 0.6 is 0 Å². The lowest BCUT2D eigenvalue weighted by molar-refractivity contribution is -0.366. The molecule has 4 rings (SSSR count). The van der Waals surface area contributed by atoms with Crippen molar-refractivity contribution < 1.29 is 40.5 Å². The molecule has 10 unspecified atom stereocenters. The van der Waals surface area contributed by atoms with Gasteiger partial charge >= 0.3 is 0 Å². The van der Waals surface area contributed by atoms with Gasteiger partial charge in [-0.2, -0.15) is 0 Å². The van der Waals surface area contributed by atoms with Gasteiger partial charge in [-0.1, -0.05) is 13.8 Å². The molecular formula is C21H34O8. The molecule has 0 aromatic heterocycles. The van der Waals surface area contributed by atoms with Crippen molar-refractivity contribution in [3.8, 4) is 0 Å². The lowest BCUT2D eigenvalue weighted by Crippen LogP contribution is -2.83. The molecule has 0 saturated heterocycles. The molecule has 0 aromatic rings. The second kappa shape index (κ2) is 5.79. The third-order valence-corrected chi connectivity index (χ3v) is 9.92. The Morgan fingerprint density at radius 1 is 0.862 bits per heavy atom. The Bertz CT molecular complexity index is 744. The van der Waals surface area contributed by atoms with Crippen LogP contribution in [0.4, 0.5) is 0 Å². The predicted octanol–water partition coefficient (Wildman–Crippen LogP) is -1.00. The van der Waals surface area contributed by atoms with Gasteiger partial charge in [-0.25, -0.2) is 0 Å². The first-order chi connectivity index (χ1) is 13.1. The van der Waals surface area contributed by atoms with E-state index in [0.717, 1.165) is 0 Å². The fourth-order valence-electron chi connectivity index (χ4n) is 7.86. The summed E-state index contributed by atoms with van der Waals surface area (Å²) in [6.45, 7) is 4.36. The molecule has 8 nitrogen and oxygen atoms in total. The van der Waals surface area contributed by atoms with Gasteiger partial charge in [0.25, 0.3) is 0 Å². The van der Waals surface area contributed by atoms with Crippen molar-refractivity contribution in [1.82, 2.24) is 0 Å². The summed E-state index contributed by atoms with van der Waals surface area (Å²) in [7, 11) is 0. The average Bonchev–Trinajstić information content (AvgIpc) is 2.86. The molecule has 0 aliphatic heterocycles. The van der Waals surface area contributed by atoms with Gasteiger partial charge in [-0.3, -0.25) is 4.79 Å². The Labute approximate surface area is 170 Å². The molecule has 0 radical (unpaired) electrons. The summed E-state index contributed by atoms with van der Waals surface area (Å²) in [6, 6.07) is 0. The van der Waals surface area contributed by atoms with Crippen LogP contribution in [0.15, 0.2) is 0 Å². The maximum atomic E-state index is 12.4. The number of rotatable bonds is 1. The second-order valence-electron chi connectivity index (χ2n) is 10.7. The summed E-state index contributed by atoms with van der Waals surface area (Å²) in [6.07, 6.45) is -3.56. The summed E-state index contributed by atoms with van der Waals surface area (Å²) in [5, 5.41) is 78.7. The van der Waals surface area contributed by atoms with Gasteiger partial charge in [0.1, 0.15) is 16.8 Å². The van der Waals surface area contributed by atoms with Crippen LogP contribution < -0.4 is 0 Å². The Hall–Kier alpha value is -0.610. The maximum absolute atomic E-state index is 12.4. The van der Waals surface area contributed by atoms with Crippen LogP contribution in [0.1, 0.15) is 65.7 Å². The third-order valence-electron chi connectivity index (χ3n) is 9.92. The van der Waals surface area contributed by atoms with Crippen LogP contribution in [-0.2, 0) is 4.79 Å². The van der Waals surface area contributed by atoms with Crippen molar-refractivity contribution in [1.29, 1.82) is 0 Å². The van der Waals surface area contributed by atoms with Gasteiger partial charge in [0, 0.05) is 24.2 Å². The molecule has 0 heterocycles. The summed E-state index contributed by atoms with van der Waals surface area (Å²) < 4.78 is 0. The highest BCUT2D eigenvalue weighted by Crippen LogP contribution is 2.71. The molecule has 29 heavy (non-hydrogen) atoms. The molecule has 0 amide bonds. The number of ketones is 1. The van der Waals surface area contributed by atoms with Gasteiger partial charge in [-0.15, -0.1) is 0 Å². The number of aliphatic hydroxyl groups excluding tert-OH is 3. The zero-order valence-corrected chi connectivity index (χ0v) is 17.3. The number of fused-ring (bicyclic) bond motifs is 5. The van der Waals surface area contributed by atoms with Gasteiger partial charge in [-0.05, 0) is 39.0 Å². The predicted molar refractivity (Wildman–Crippen MR) is 101 cm³/mol. The number of carbonyl (C=O) groups is 1. The van der Waals surface area contributed by atoms with Crippen LogP contribution in [0.5, 0.6) is 0 Å². The molecule has 0 aromatic carbocycles. The fourth-order valence-corrected chi connectivity index (χ4v) is 7.86. The van der Waals surface area contributed by atoms with Crippen LogP contribution in [-0.4, -0.2) is 82.2 Å². The maximum Gasteiger partial charge on any atom is 0.162 e. The van der Waals surface area contributed by atoms with E-state index in [4.69, 9.17) is 0 Å². The van der Waals surface area contributed by atoms with Gasteiger partial charge in [0.15, 0.2) is 5.78 Å². The smallest absolute Gasteiger partial charge is 0.162 e. The second-order valence-corrected chi connectivity index (χ2v) is 10.7. The Morgan fingerprint density at radius 2 is 1.48 bits per heavy atom. The Balaban J connectivity index is 1.89. The van der Waals surface area contributed by atoms with Crippen LogP contribution in [0.25, 0.3) is 0 Å². The fraction of sp³-hybridized carbons (Fsp3) is 0.952. The minimum absolute atomic E-state index is 0.0491. The molecule has 8 heteroatoms. The highest BCUT2D eigenvalue weighted by molar-refractivity contribution is 5.87. The zero-order chi connectivity index (χ0) is 21.8. The van der Waals surface area contributed by atoms with Crippen molar-refractivity contribution >= 4 is 5.78 Å². The number of aliphatic hydroxyl groups is 7. The number of hydrogen-bond acceptors (Lipinski definition) is 8. The van der Waals surface area contributed by atoms with E-state index in [-0.39, 0.29) is 32.1 Å². The van der Waals surface area contributed by atoms with Crippen molar-refractivity contribution in [2.24, 2.45) is 16.7 Å². The third kappa shape index (κ3) is 2.07. The highest BCUT2D eigenvalue weighted by Gasteiger charge is 2.83. The van der Waals surface area contributed by atoms with Gasteiger partial charge in [0.05, 0.1) is 29.3 Å². The van der Waals surface area contributed by atoms with E-state index in [0.29, 0.717) is 12.8 Å². The minimum Gasteiger partial charge on any atom is -0.393 e. The first kappa shape index (κ1) is 21.6. The van der Waals surface area contributed by atoms with E-state index in [1.807, 2.05) is 0 Å². The zero-order valence-electron chi connectivity index (χ0n) is 17.3. The van der Waals surface area contributed by atoms with E-state index in [2.05, 4.69) is 0 Å². The monoisotopic (exact) mass is 414 g/mol. The Morgan fingerprint density at radius 3 is 2.07 bits per heavy atom. The summed E-state index contributed by atoms with van der Waals surface area (Å²) in [4.78, 5) is 12.4. The molecule has 0 spiro atoms. The van der Waals surface area contributed by atoms with Crippen molar-refractivity contribution in [2.75, 3.05) is 0 Å². The van der Waals surface area contributed by atoms with Crippen LogP contribution in [0.3, 0.4) is 0 Å². The van der Waals surface area contributed by atoms with Crippen molar-refractivity contribution in [3.63, 3.8) is 0 Å². The molecule has 4 aliphatic rings. The van der Waals surface area contributed by atoms with E-state index < -0.39 is 63.2 Å². The first-order valence-corrected chi connectivity index (χ1v) is 10.6. The van der Waals surface area contributed by atoms with Crippen molar-refractivity contribution in [2.45, 2.75) is 106 Å². The molecule has 0 bridgehead atoms. The largest absolute Gasteiger partial charge is 0.393 e. The molecule has 7 N–H and O–H groups in total. The molecule has 4 saturated carbocycles.